The predicted molar refractivity (Wildman–Crippen MR) is 161 cm³/mol. The molecule has 2 heterocycles. The van der Waals surface area contributed by atoms with E-state index >= 15 is 0 Å². The normalized spacial score (nSPS) is 12.1. The van der Waals surface area contributed by atoms with Gasteiger partial charge in [0.2, 0.25) is 5.91 Å². The molecule has 11 nitrogen and oxygen atoms in total. The lowest BCUT2D eigenvalue weighted by atomic mass is 10.1. The zero-order chi connectivity index (χ0) is 30.2. The molecule has 3 rings (SSSR count). The molecule has 0 unspecified atom stereocenters. The molecule has 0 aliphatic heterocycles. The molecular weight excluding hydrogens is 524 g/mol. The zero-order valence-electron chi connectivity index (χ0n) is 25.6. The van der Waals surface area contributed by atoms with Crippen LogP contribution < -0.4 is 21.1 Å². The summed E-state index contributed by atoms with van der Waals surface area (Å²) < 4.78 is 19.0. The highest BCUT2D eigenvalue weighted by molar-refractivity contribution is 6.07. The number of amides is 2. The number of anilines is 1. The summed E-state index contributed by atoms with van der Waals surface area (Å²) >= 11 is 0. The van der Waals surface area contributed by atoms with Crippen molar-refractivity contribution in [3.05, 3.63) is 24.0 Å². The molecule has 11 heteroatoms. The van der Waals surface area contributed by atoms with Gasteiger partial charge < -0.3 is 35.1 Å². The van der Waals surface area contributed by atoms with Gasteiger partial charge in [-0.2, -0.15) is 0 Å². The van der Waals surface area contributed by atoms with Crippen molar-refractivity contribution in [3.63, 3.8) is 0 Å². The average molecular weight is 571 g/mol. The van der Waals surface area contributed by atoms with Gasteiger partial charge in [-0.1, -0.05) is 12.8 Å². The van der Waals surface area contributed by atoms with Gasteiger partial charge in [0.15, 0.2) is 5.82 Å². The summed E-state index contributed by atoms with van der Waals surface area (Å²) in [4.78, 5) is 32.9. The molecular formula is C30H46N6O5. The van der Waals surface area contributed by atoms with Crippen molar-refractivity contribution >= 4 is 39.8 Å². The van der Waals surface area contributed by atoms with Crippen LogP contribution in [0.4, 0.5) is 10.6 Å². The van der Waals surface area contributed by atoms with Crippen molar-refractivity contribution < 1.29 is 23.8 Å². The summed E-state index contributed by atoms with van der Waals surface area (Å²) in [5, 5.41) is 6.70. The minimum absolute atomic E-state index is 0.101. The molecule has 41 heavy (non-hydrogen) atoms. The predicted octanol–water partition coefficient (Wildman–Crippen LogP) is 5.08. The van der Waals surface area contributed by atoms with Crippen LogP contribution in [0.3, 0.4) is 0 Å². The van der Waals surface area contributed by atoms with E-state index < -0.39 is 11.1 Å². The van der Waals surface area contributed by atoms with E-state index in [1.54, 1.807) is 0 Å². The largest absolute Gasteiger partial charge is 0.494 e. The third kappa shape index (κ3) is 9.48. The van der Waals surface area contributed by atoms with Gasteiger partial charge in [-0.05, 0) is 66.5 Å². The Balaban J connectivity index is 1.67. The smallest absolute Gasteiger partial charge is 0.407 e. The first-order chi connectivity index (χ1) is 19.3. The number of hydrogen-bond acceptors (Lipinski definition) is 8. The Morgan fingerprint density at radius 2 is 1.78 bits per heavy atom. The molecule has 226 valence electrons. The van der Waals surface area contributed by atoms with Gasteiger partial charge in [-0.3, -0.25) is 4.79 Å². The van der Waals surface area contributed by atoms with Gasteiger partial charge in [0.05, 0.1) is 23.2 Å². The molecule has 0 aliphatic rings. The Morgan fingerprint density at radius 3 is 2.46 bits per heavy atom. The standard InChI is InChI=1S/C30H46N6O5/c1-8-39-18-24-34-25-26(36(24)19-30(6,7)35-20(2)37)22-14-13-21(17-23(22)33-27(25)31)40-16-12-10-9-11-15-32-28(38)41-29(3,4)5/h13-14,17H,8-12,15-16,18-19H2,1-7H3,(H2,31,33)(H,32,38)(H,35,37). The number of nitrogen functional groups attached to an aromatic ring is 1. The summed E-state index contributed by atoms with van der Waals surface area (Å²) in [7, 11) is 0. The number of rotatable bonds is 14. The zero-order valence-corrected chi connectivity index (χ0v) is 25.6. The van der Waals surface area contributed by atoms with Crippen LogP contribution in [0, 0.1) is 0 Å². The van der Waals surface area contributed by atoms with E-state index in [-0.39, 0.29) is 12.0 Å². The molecule has 2 aromatic heterocycles. The van der Waals surface area contributed by atoms with Gasteiger partial charge in [-0.25, -0.2) is 14.8 Å². The van der Waals surface area contributed by atoms with Crippen molar-refractivity contribution in [1.82, 2.24) is 25.2 Å². The molecule has 2 amide bonds. The Labute approximate surface area is 242 Å². The van der Waals surface area contributed by atoms with Gasteiger partial charge in [0.25, 0.3) is 0 Å². The highest BCUT2D eigenvalue weighted by Crippen LogP contribution is 2.32. The maximum atomic E-state index is 11.8. The van der Waals surface area contributed by atoms with Gasteiger partial charge in [0, 0.05) is 38.1 Å². The first kappa shape index (κ1) is 31.9. The quantitative estimate of drug-likeness (QED) is 0.228. The summed E-state index contributed by atoms with van der Waals surface area (Å²) in [5.41, 5.74) is 7.54. The molecule has 1 aromatic carbocycles. The van der Waals surface area contributed by atoms with Crippen LogP contribution in [0.2, 0.25) is 0 Å². The fourth-order valence-corrected chi connectivity index (χ4v) is 4.69. The lowest BCUT2D eigenvalue weighted by Gasteiger charge is -2.27. The highest BCUT2D eigenvalue weighted by Gasteiger charge is 2.25. The number of ether oxygens (including phenoxy) is 3. The number of unbranched alkanes of at least 4 members (excludes halogenated alkanes) is 3. The molecule has 0 fully saturated rings. The van der Waals surface area contributed by atoms with Crippen LogP contribution in [0.25, 0.3) is 21.9 Å². The van der Waals surface area contributed by atoms with Crippen LogP contribution in [0.5, 0.6) is 5.75 Å². The number of carbonyl (C=O) groups is 2. The second kappa shape index (κ2) is 13.8. The van der Waals surface area contributed by atoms with Crippen molar-refractivity contribution in [2.24, 2.45) is 0 Å². The average Bonchev–Trinajstić information content (AvgIpc) is 3.20. The summed E-state index contributed by atoms with van der Waals surface area (Å²) in [6.45, 7) is 15.5. The first-order valence-corrected chi connectivity index (χ1v) is 14.3. The van der Waals surface area contributed by atoms with Crippen LogP contribution >= 0.6 is 0 Å². The van der Waals surface area contributed by atoms with Crippen molar-refractivity contribution in [1.29, 1.82) is 0 Å². The van der Waals surface area contributed by atoms with E-state index in [1.165, 1.54) is 6.92 Å². The number of carbonyl (C=O) groups excluding carboxylic acids is 2. The third-order valence-electron chi connectivity index (χ3n) is 6.27. The number of imidazole rings is 1. The summed E-state index contributed by atoms with van der Waals surface area (Å²) in [6.07, 6.45) is 3.36. The lowest BCUT2D eigenvalue weighted by molar-refractivity contribution is -0.120. The van der Waals surface area contributed by atoms with E-state index in [2.05, 4.69) is 20.2 Å². The molecule has 0 saturated heterocycles. The Bertz CT molecular complexity index is 1340. The van der Waals surface area contributed by atoms with Crippen molar-refractivity contribution in [2.75, 3.05) is 25.5 Å². The Morgan fingerprint density at radius 1 is 1.05 bits per heavy atom. The van der Waals surface area contributed by atoms with Gasteiger partial charge >= 0.3 is 6.09 Å². The van der Waals surface area contributed by atoms with E-state index in [0.717, 1.165) is 48.2 Å². The molecule has 0 atom stereocenters. The SMILES string of the molecule is CCOCc1nc2c(N)nc3cc(OCCCCCCNC(=O)OC(C)(C)C)ccc3c2n1CC(C)(C)NC(C)=O. The van der Waals surface area contributed by atoms with E-state index in [4.69, 9.17) is 24.9 Å². The van der Waals surface area contributed by atoms with Gasteiger partial charge in [0.1, 0.15) is 29.3 Å². The Kier molecular flexibility index (Phi) is 10.8. The van der Waals surface area contributed by atoms with Crippen molar-refractivity contribution in [3.8, 4) is 5.75 Å². The fraction of sp³-hybridized carbons (Fsp3) is 0.600. The molecule has 3 aromatic rings. The number of alkyl carbamates (subject to hydrolysis) is 1. The highest BCUT2D eigenvalue weighted by atomic mass is 16.6. The van der Waals surface area contributed by atoms with Crippen LogP contribution in [0.1, 0.15) is 80.0 Å². The molecule has 0 bridgehead atoms. The molecule has 4 N–H and O–H groups in total. The number of nitrogens with two attached hydrogens (primary N) is 1. The van der Waals surface area contributed by atoms with Crippen LogP contribution in [-0.4, -0.2) is 57.4 Å². The molecule has 0 radical (unpaired) electrons. The van der Waals surface area contributed by atoms with E-state index in [0.29, 0.717) is 49.8 Å². The first-order valence-electron chi connectivity index (χ1n) is 14.3. The second-order valence-corrected chi connectivity index (χ2v) is 11.9. The van der Waals surface area contributed by atoms with Crippen LogP contribution in [0.15, 0.2) is 18.2 Å². The minimum Gasteiger partial charge on any atom is -0.494 e. The molecule has 0 saturated carbocycles. The number of benzene rings is 1. The number of aromatic nitrogens is 3. The van der Waals surface area contributed by atoms with E-state index in [9.17, 15) is 9.59 Å². The second-order valence-electron chi connectivity index (χ2n) is 11.9. The number of fused-ring (bicyclic) bond motifs is 3. The number of pyridine rings is 1. The fourth-order valence-electron chi connectivity index (χ4n) is 4.69. The third-order valence-corrected chi connectivity index (χ3v) is 6.27. The maximum absolute atomic E-state index is 11.8. The Hall–Kier alpha value is -3.60. The minimum atomic E-state index is -0.528. The monoisotopic (exact) mass is 570 g/mol. The van der Waals surface area contributed by atoms with E-state index in [1.807, 2.05) is 59.7 Å². The molecule has 0 aliphatic carbocycles. The lowest BCUT2D eigenvalue weighted by Crippen LogP contribution is -2.45. The van der Waals surface area contributed by atoms with Crippen molar-refractivity contribution in [2.45, 2.75) is 98.4 Å². The maximum Gasteiger partial charge on any atom is 0.407 e. The summed E-state index contributed by atoms with van der Waals surface area (Å²) in [5.74, 6) is 1.67. The van der Waals surface area contributed by atoms with Gasteiger partial charge in [-0.15, -0.1) is 0 Å². The van der Waals surface area contributed by atoms with Crippen LogP contribution in [-0.2, 0) is 27.4 Å². The topological polar surface area (TPSA) is 143 Å². The number of nitrogens with one attached hydrogen (secondary N) is 2. The molecule has 0 spiro atoms. The number of hydrogen-bond donors (Lipinski definition) is 3. The number of nitrogens with zero attached hydrogens (tertiary/aromatic N) is 3. The summed E-state index contributed by atoms with van der Waals surface area (Å²) in [6, 6.07) is 5.81.